The van der Waals surface area contributed by atoms with E-state index >= 15 is 0 Å². The van der Waals surface area contributed by atoms with E-state index in [1.807, 2.05) is 168 Å². The Morgan fingerprint density at radius 3 is 0.714 bits per heavy atom. The number of nitrogens with zero attached hydrogens (tertiary/aromatic N) is 3. The minimum Gasteiger partial charge on any atom is -0.394 e. The van der Waals surface area contributed by atoms with Gasteiger partial charge in [-0.15, -0.1) is 0 Å². The molecule has 119 heavy (non-hydrogen) atoms. The Morgan fingerprint density at radius 2 is 0.546 bits per heavy atom. The summed E-state index contributed by atoms with van der Waals surface area (Å²) >= 11 is 0. The van der Waals surface area contributed by atoms with Crippen molar-refractivity contribution in [1.29, 1.82) is 0 Å². The van der Waals surface area contributed by atoms with Crippen molar-refractivity contribution in [2.24, 2.45) is 63.8 Å². The van der Waals surface area contributed by atoms with Gasteiger partial charge in [0.1, 0.15) is 86.0 Å². The largest absolute Gasteiger partial charge is 0.394 e. The maximum absolute atomic E-state index is 13.9. The smallest absolute Gasteiger partial charge is 0.246 e. The molecule has 29 heteroatoms. The molecule has 29 nitrogen and oxygen atoms in total. The number of likely N-dealkylation sites (tertiary alicyclic amines) is 1. The maximum atomic E-state index is 13.9. The molecule has 4 amide bonds. The van der Waals surface area contributed by atoms with Crippen molar-refractivity contribution in [2.75, 3.05) is 76.5 Å². The Labute approximate surface area is 730 Å². The molecule has 3 atom stereocenters. The molecule has 0 spiro atoms. The second-order valence-corrected chi connectivity index (χ2v) is 22.1. The second kappa shape index (κ2) is 189. The number of hydrogen-bond acceptors (Lipinski definition) is 25. The second-order valence-electron chi connectivity index (χ2n) is 22.1. The van der Waals surface area contributed by atoms with Crippen LogP contribution in [0.15, 0.2) is 121 Å². The zero-order chi connectivity index (χ0) is 98.0. The Kier molecular flexibility index (Phi) is 287. The molecule has 4 aromatic rings. The molecule has 0 aliphatic carbocycles. The van der Waals surface area contributed by atoms with Gasteiger partial charge in [-0.3, -0.25) is 19.2 Å². The van der Waals surface area contributed by atoms with Crippen LogP contribution >= 0.6 is 0 Å². The maximum Gasteiger partial charge on any atom is 0.246 e. The van der Waals surface area contributed by atoms with Gasteiger partial charge in [0.05, 0.1) is 0 Å². The number of hydrogen-bond donors (Lipinski definition) is 12. The SMILES string of the molecule is C=O.C=O.C=O.C=O.C=O.C=O.C=O.C=O.C=O.C=O.CC.CC.CC(=O)N(C)[C@@H](Cc1ccccc1)C(=O)N(C)[C@@H](Cc1ccccc1)C(=O)N[C@@H](C)C(=O)N1CCCCC1.CC(C)O.CCC(C)C.CCC(C)C.CCC(C)C.CCC(C)C.CCc1ccccc1.CCc1ccccc1.CN.CN.CN.CN.CN.CN.CN.N.N.N. The molecule has 0 saturated carbocycles. The number of nitrogens with two attached hydrogens (primary N) is 7. The number of piperidine rings is 1. The fraction of sp³-hybridized carbons (Fsp3) is 0.578. The number of nitrogens with one attached hydrogen (secondary N) is 1. The molecule has 1 aliphatic heterocycles. The molecule has 0 bridgehead atoms. The van der Waals surface area contributed by atoms with Crippen molar-refractivity contribution in [3.05, 3.63) is 144 Å². The molecule has 4 aromatic carbocycles. The quantitative estimate of drug-likeness (QED) is 0.0496. The molecule has 1 fully saturated rings. The van der Waals surface area contributed by atoms with Crippen molar-refractivity contribution >= 4 is 91.5 Å². The van der Waals surface area contributed by atoms with Crippen molar-refractivity contribution in [3.63, 3.8) is 0 Å². The number of benzene rings is 4. The van der Waals surface area contributed by atoms with Crippen molar-refractivity contribution in [1.82, 2.24) is 38.5 Å². The molecular weight excluding hydrogens is 1520 g/mol. The van der Waals surface area contributed by atoms with Gasteiger partial charge in [0, 0.05) is 53.1 Å². The van der Waals surface area contributed by atoms with E-state index < -0.39 is 24.0 Å². The summed E-state index contributed by atoms with van der Waals surface area (Å²) in [6.45, 7) is 66.9. The highest BCUT2D eigenvalue weighted by atomic mass is 16.3. The van der Waals surface area contributed by atoms with Gasteiger partial charge in [-0.1, -0.05) is 272 Å². The first kappa shape index (κ1) is 181. The van der Waals surface area contributed by atoms with Crippen LogP contribution < -0.4 is 63.9 Å². The number of rotatable bonds is 16. The molecule has 0 aromatic heterocycles. The van der Waals surface area contributed by atoms with Crippen LogP contribution in [0.2, 0.25) is 0 Å². The van der Waals surface area contributed by atoms with E-state index in [2.05, 4.69) is 191 Å². The minimum absolute atomic E-state index is 0. The minimum atomic E-state index is -0.861. The van der Waals surface area contributed by atoms with Crippen LogP contribution in [0.4, 0.5) is 0 Å². The van der Waals surface area contributed by atoms with Crippen LogP contribution in [0.25, 0.3) is 0 Å². The lowest BCUT2D eigenvalue weighted by molar-refractivity contribution is -0.147. The summed E-state index contributed by atoms with van der Waals surface area (Å²) in [5.74, 6) is 2.46. The zero-order valence-electron chi connectivity index (χ0n) is 81.6. The number of carbonyl (C=O) groups excluding carboxylic acids is 14. The van der Waals surface area contributed by atoms with Gasteiger partial charge in [0.25, 0.3) is 0 Å². The zero-order valence-corrected chi connectivity index (χ0v) is 81.6. The summed E-state index contributed by atoms with van der Waals surface area (Å²) in [5, 5.41) is 10.9. The topological polar surface area (TPSA) is 568 Å². The molecule has 25 N–H and O–H groups in total. The first-order chi connectivity index (χ1) is 55.9. The number of aliphatic hydroxyl groups is 1. The lowest BCUT2D eigenvalue weighted by atomic mass is 10.00. The third kappa shape index (κ3) is 165. The number of likely N-dealkylation sites (N-methyl/N-ethyl adjacent to an activating group) is 2. The highest BCUT2D eigenvalue weighted by Gasteiger charge is 2.36. The highest BCUT2D eigenvalue weighted by molar-refractivity contribution is 5.94. The van der Waals surface area contributed by atoms with Gasteiger partial charge in [0.2, 0.25) is 23.6 Å². The van der Waals surface area contributed by atoms with Crippen molar-refractivity contribution in [3.8, 4) is 0 Å². The standard InChI is InChI=1S/C30H40N4O4.2C8H10.4C5H12.C3H8O.2C2H6.7CH5N.10CH2O.3H3N/c1-22(29(37)34-18-12-7-13-19-34)31-28(36)26(20-24-14-8-5-9-15-24)33(4)30(38)27(32(3)23(2)35)21-25-16-10-6-11-17-25;2*1-2-8-6-4-3-5-7-8;4*1-4-5(2)3;1-3(2)4;19*1-2;;;/h5-6,8-11,14-17,22,26-27H,7,12-13,18-21H2,1-4H3,(H,31,36);2*3-7H,2H2,1H3;4*5H,4H2,1-3H3;3-4H,1-2H3;2*1-2H3;7*2H2,1H3;10*1H2;3*1H3/t22-,26-,27-;;;;;;;;;;;;;;;;;;;;;;;;;;;;;/m0............................./s1. The molecule has 0 unspecified atom stereocenters. The van der Waals surface area contributed by atoms with E-state index in [0.29, 0.717) is 19.5 Å². The normalized spacial score (nSPS) is 8.92. The third-order valence-electron chi connectivity index (χ3n) is 13.1. The van der Waals surface area contributed by atoms with Gasteiger partial charge >= 0.3 is 0 Å². The van der Waals surface area contributed by atoms with Crippen LogP contribution in [0.3, 0.4) is 0 Å². The lowest BCUT2D eigenvalue weighted by Gasteiger charge is -2.35. The number of carbonyl (C=O) groups is 14. The van der Waals surface area contributed by atoms with Crippen molar-refractivity contribution < 1.29 is 72.2 Å². The van der Waals surface area contributed by atoms with E-state index in [1.165, 1.54) is 103 Å². The summed E-state index contributed by atoms with van der Waals surface area (Å²) in [6, 6.07) is 37.5. The van der Waals surface area contributed by atoms with Crippen LogP contribution in [-0.2, 0) is 92.8 Å². The van der Waals surface area contributed by atoms with E-state index in [-0.39, 0.29) is 48.7 Å². The molecule has 1 aliphatic rings. The number of aliphatic hydroxyl groups excluding tert-OH is 1. The van der Waals surface area contributed by atoms with Gasteiger partial charge in [-0.2, -0.15) is 0 Å². The van der Waals surface area contributed by atoms with Crippen LogP contribution in [0.5, 0.6) is 0 Å². The van der Waals surface area contributed by atoms with E-state index in [4.69, 9.17) is 53.1 Å². The van der Waals surface area contributed by atoms with Gasteiger partial charge in [0.15, 0.2) is 0 Å². The van der Waals surface area contributed by atoms with E-state index in [1.54, 1.807) is 39.8 Å². The van der Waals surface area contributed by atoms with Crippen LogP contribution in [0.1, 0.15) is 220 Å². The summed E-state index contributed by atoms with van der Waals surface area (Å²) in [7, 11) is 13.7. The van der Waals surface area contributed by atoms with Gasteiger partial charge in [-0.05, 0) is 148 Å². The number of amides is 4. The third-order valence-corrected chi connectivity index (χ3v) is 13.1. The fourth-order valence-corrected chi connectivity index (χ4v) is 6.27. The summed E-state index contributed by atoms with van der Waals surface area (Å²) < 4.78 is 0. The summed E-state index contributed by atoms with van der Waals surface area (Å²) in [4.78, 5) is 137. The summed E-state index contributed by atoms with van der Waals surface area (Å²) in [6.07, 6.45) is 11.0. The molecule has 5 rings (SSSR count). The molecule has 712 valence electrons. The summed E-state index contributed by atoms with van der Waals surface area (Å²) in [5.41, 5.74) is 36.1. The Morgan fingerprint density at radius 1 is 0.361 bits per heavy atom. The fourth-order valence-electron chi connectivity index (χ4n) is 6.27. The highest BCUT2D eigenvalue weighted by Crippen LogP contribution is 2.17. The molecule has 1 saturated heterocycles. The first-order valence-corrected chi connectivity index (χ1v) is 38.7. The predicted molar refractivity (Wildman–Crippen MR) is 516 cm³/mol. The van der Waals surface area contributed by atoms with E-state index in [9.17, 15) is 19.2 Å². The molecule has 0 radical (unpaired) electrons. The van der Waals surface area contributed by atoms with E-state index in [0.717, 1.165) is 66.9 Å². The Hall–Kier alpha value is -8.98. The lowest BCUT2D eigenvalue weighted by Crippen LogP contribution is -2.58. The monoisotopic (exact) mass is 1710 g/mol. The Bertz CT molecular complexity index is 2140. The Balaban J connectivity index is -0.0000000395. The van der Waals surface area contributed by atoms with Crippen LogP contribution in [0, 0.1) is 23.7 Å². The van der Waals surface area contributed by atoms with Crippen molar-refractivity contribution in [2.45, 2.75) is 247 Å². The molecule has 1 heterocycles. The number of aryl methyl sites for hydroxylation is 2. The van der Waals surface area contributed by atoms with Gasteiger partial charge < -0.3 is 132 Å². The van der Waals surface area contributed by atoms with Gasteiger partial charge in [-0.25, -0.2) is 0 Å². The average molecular weight is 1710 g/mol. The van der Waals surface area contributed by atoms with Crippen LogP contribution in [-0.4, -0.2) is 212 Å². The first-order valence-electron chi connectivity index (χ1n) is 38.7. The molecular formula is C90H192N14O15. The average Bonchev–Trinajstić information content (AvgIpc) is 0.820. The predicted octanol–water partition coefficient (Wildman–Crippen LogP) is 13.5.